The number of benzene rings is 1. The average Bonchev–Trinajstić information content (AvgIpc) is 3.04. The van der Waals surface area contributed by atoms with Crippen molar-refractivity contribution in [3.63, 3.8) is 0 Å². The zero-order valence-electron chi connectivity index (χ0n) is 15.7. The number of rotatable bonds is 3. The molecule has 1 N–H and O–H groups in total. The van der Waals surface area contributed by atoms with Gasteiger partial charge in [0.15, 0.2) is 0 Å². The van der Waals surface area contributed by atoms with E-state index in [1.54, 1.807) is 19.1 Å². The smallest absolute Gasteiger partial charge is 0.379 e. The second-order valence-corrected chi connectivity index (χ2v) is 7.30. The Kier molecular flexibility index (Phi) is 4.74. The van der Waals surface area contributed by atoms with Crippen LogP contribution in [-0.4, -0.2) is 41.2 Å². The van der Waals surface area contributed by atoms with Crippen LogP contribution in [0, 0.1) is 6.92 Å². The first-order chi connectivity index (χ1) is 13.3. The van der Waals surface area contributed by atoms with Gasteiger partial charge < -0.3 is 14.7 Å². The maximum atomic E-state index is 13.1. The molecule has 0 atom stereocenters. The van der Waals surface area contributed by atoms with Gasteiger partial charge in [-0.3, -0.25) is 0 Å². The van der Waals surface area contributed by atoms with Crippen LogP contribution in [0.15, 0.2) is 34.9 Å². The number of likely N-dealkylation sites (tertiary alicyclic amines) is 1. The number of aromatic nitrogens is 2. The summed E-state index contributed by atoms with van der Waals surface area (Å²) >= 11 is 0. The number of alkyl halides is 3. The van der Waals surface area contributed by atoms with Gasteiger partial charge in [-0.15, -0.1) is 0 Å². The molecule has 8 heteroatoms. The Balaban J connectivity index is 1.75. The number of pyridine rings is 1. The van der Waals surface area contributed by atoms with Crippen LogP contribution in [-0.2, 0) is 6.18 Å². The van der Waals surface area contributed by atoms with E-state index in [0.29, 0.717) is 33.7 Å². The predicted molar refractivity (Wildman–Crippen MR) is 101 cm³/mol. The molecule has 1 fully saturated rings. The van der Waals surface area contributed by atoms with Gasteiger partial charge in [0, 0.05) is 11.6 Å². The van der Waals surface area contributed by atoms with Crippen molar-refractivity contribution in [3.8, 4) is 11.3 Å². The van der Waals surface area contributed by atoms with E-state index in [1.807, 2.05) is 0 Å². The molecule has 1 aliphatic rings. The largest absolute Gasteiger partial charge is 0.416 e. The molecule has 0 radical (unpaired) electrons. The fourth-order valence-electron chi connectivity index (χ4n) is 3.51. The van der Waals surface area contributed by atoms with E-state index in [0.717, 1.165) is 38.1 Å². The minimum absolute atomic E-state index is 0.265. The van der Waals surface area contributed by atoms with Crippen molar-refractivity contribution < 1.29 is 17.7 Å². The average molecular weight is 390 g/mol. The molecule has 0 unspecified atom stereocenters. The SMILES string of the molecule is Cc1noc2c(NC3CCN(C)CC3)cc(-c3cccc(C(F)(F)F)c3)nc12. The molecular weight excluding hydrogens is 369 g/mol. The molecule has 1 aliphatic heterocycles. The van der Waals surface area contributed by atoms with Crippen LogP contribution < -0.4 is 5.32 Å². The van der Waals surface area contributed by atoms with Crippen LogP contribution in [0.1, 0.15) is 24.1 Å². The molecule has 4 rings (SSSR count). The summed E-state index contributed by atoms with van der Waals surface area (Å²) in [5, 5.41) is 7.48. The number of anilines is 1. The fraction of sp³-hybridized carbons (Fsp3) is 0.400. The summed E-state index contributed by atoms with van der Waals surface area (Å²) in [6.07, 6.45) is -2.44. The Bertz CT molecular complexity index is 991. The molecule has 148 valence electrons. The molecule has 0 amide bonds. The lowest BCUT2D eigenvalue weighted by atomic mass is 10.0. The highest BCUT2D eigenvalue weighted by atomic mass is 19.4. The third-order valence-corrected chi connectivity index (χ3v) is 5.15. The molecule has 28 heavy (non-hydrogen) atoms. The highest BCUT2D eigenvalue weighted by Crippen LogP contribution is 2.34. The van der Waals surface area contributed by atoms with Crippen molar-refractivity contribution >= 4 is 16.8 Å². The summed E-state index contributed by atoms with van der Waals surface area (Å²) in [4.78, 5) is 6.79. The first kappa shape index (κ1) is 18.7. The van der Waals surface area contributed by atoms with Gasteiger partial charge >= 0.3 is 6.18 Å². The minimum atomic E-state index is -4.40. The van der Waals surface area contributed by atoms with E-state index in [2.05, 4.69) is 27.4 Å². The number of piperidine rings is 1. The molecule has 0 spiro atoms. The lowest BCUT2D eigenvalue weighted by Crippen LogP contribution is -2.36. The van der Waals surface area contributed by atoms with Crippen LogP contribution in [0.4, 0.5) is 18.9 Å². The molecule has 3 aromatic rings. The number of hydrogen-bond donors (Lipinski definition) is 1. The standard InChI is InChI=1S/C20H21F3N4O/c1-12-18-19(28-26-12)17(24-15-6-8-27(2)9-7-15)11-16(25-18)13-4-3-5-14(10-13)20(21,22)23/h3-5,10-11,15H,6-9H2,1-2H3,(H,24,25). The zero-order chi connectivity index (χ0) is 19.9. The topological polar surface area (TPSA) is 54.2 Å². The number of hydrogen-bond acceptors (Lipinski definition) is 5. The Labute approximate surface area is 160 Å². The molecule has 3 heterocycles. The van der Waals surface area contributed by atoms with Gasteiger partial charge in [0.2, 0.25) is 5.58 Å². The summed E-state index contributed by atoms with van der Waals surface area (Å²) in [5.74, 6) is 0. The summed E-state index contributed by atoms with van der Waals surface area (Å²) in [6, 6.07) is 7.23. The number of nitrogens with one attached hydrogen (secondary N) is 1. The van der Waals surface area contributed by atoms with E-state index in [1.165, 1.54) is 6.07 Å². The molecule has 0 bridgehead atoms. The molecule has 1 aromatic carbocycles. The highest BCUT2D eigenvalue weighted by Gasteiger charge is 2.30. The van der Waals surface area contributed by atoms with Gasteiger partial charge in [-0.1, -0.05) is 17.3 Å². The molecule has 0 saturated carbocycles. The van der Waals surface area contributed by atoms with Crippen molar-refractivity contribution in [2.24, 2.45) is 0 Å². The highest BCUT2D eigenvalue weighted by molar-refractivity contribution is 5.90. The third kappa shape index (κ3) is 3.69. The molecule has 5 nitrogen and oxygen atoms in total. The van der Waals surface area contributed by atoms with Crippen LogP contribution in [0.5, 0.6) is 0 Å². The summed E-state index contributed by atoms with van der Waals surface area (Å²) in [7, 11) is 2.09. The first-order valence-electron chi connectivity index (χ1n) is 9.21. The zero-order valence-corrected chi connectivity index (χ0v) is 15.7. The Morgan fingerprint density at radius 2 is 1.93 bits per heavy atom. The van der Waals surface area contributed by atoms with Crippen molar-refractivity contribution in [2.45, 2.75) is 32.0 Å². The van der Waals surface area contributed by atoms with Crippen molar-refractivity contribution in [3.05, 3.63) is 41.6 Å². The van der Waals surface area contributed by atoms with Gasteiger partial charge in [-0.05, 0) is 58.1 Å². The van der Waals surface area contributed by atoms with Gasteiger partial charge in [-0.2, -0.15) is 13.2 Å². The van der Waals surface area contributed by atoms with Gasteiger partial charge in [0.1, 0.15) is 11.2 Å². The quantitative estimate of drug-likeness (QED) is 0.701. The van der Waals surface area contributed by atoms with E-state index < -0.39 is 11.7 Å². The third-order valence-electron chi connectivity index (χ3n) is 5.15. The van der Waals surface area contributed by atoms with Crippen LogP contribution in [0.2, 0.25) is 0 Å². The Hall–Kier alpha value is -2.61. The lowest BCUT2D eigenvalue weighted by molar-refractivity contribution is -0.137. The number of fused-ring (bicyclic) bond motifs is 1. The monoisotopic (exact) mass is 390 g/mol. The molecule has 2 aromatic heterocycles. The fourth-order valence-corrected chi connectivity index (χ4v) is 3.51. The van der Waals surface area contributed by atoms with E-state index in [-0.39, 0.29) is 6.04 Å². The maximum absolute atomic E-state index is 13.1. The second kappa shape index (κ2) is 7.09. The predicted octanol–water partition coefficient (Wildman–Crippen LogP) is 4.72. The maximum Gasteiger partial charge on any atom is 0.416 e. The molecule has 0 aliphatic carbocycles. The van der Waals surface area contributed by atoms with Crippen molar-refractivity contribution in [2.75, 3.05) is 25.5 Å². The van der Waals surface area contributed by atoms with Crippen molar-refractivity contribution in [1.82, 2.24) is 15.0 Å². The molecule has 1 saturated heterocycles. The lowest BCUT2D eigenvalue weighted by Gasteiger charge is -2.30. The van der Waals surface area contributed by atoms with Crippen LogP contribution >= 0.6 is 0 Å². The normalized spacial score (nSPS) is 16.6. The van der Waals surface area contributed by atoms with Crippen LogP contribution in [0.25, 0.3) is 22.4 Å². The summed E-state index contributed by atoms with van der Waals surface area (Å²) < 4.78 is 44.8. The summed E-state index contributed by atoms with van der Waals surface area (Å²) in [5.41, 5.74) is 2.59. The minimum Gasteiger partial charge on any atom is -0.379 e. The van der Waals surface area contributed by atoms with Crippen LogP contribution in [0.3, 0.4) is 0 Å². The molecular formula is C20H21F3N4O. The van der Waals surface area contributed by atoms with E-state index in [4.69, 9.17) is 4.52 Å². The van der Waals surface area contributed by atoms with E-state index in [9.17, 15) is 13.2 Å². The number of halogens is 3. The van der Waals surface area contributed by atoms with Gasteiger partial charge in [-0.25, -0.2) is 4.98 Å². The summed E-state index contributed by atoms with van der Waals surface area (Å²) in [6.45, 7) is 3.75. The Morgan fingerprint density at radius 1 is 1.18 bits per heavy atom. The van der Waals surface area contributed by atoms with Gasteiger partial charge in [0.05, 0.1) is 16.9 Å². The first-order valence-corrected chi connectivity index (χ1v) is 9.21. The van der Waals surface area contributed by atoms with Crippen molar-refractivity contribution in [1.29, 1.82) is 0 Å². The number of nitrogens with zero attached hydrogens (tertiary/aromatic N) is 3. The Morgan fingerprint density at radius 3 is 2.64 bits per heavy atom. The number of aryl methyl sites for hydroxylation is 1. The second-order valence-electron chi connectivity index (χ2n) is 7.30. The van der Waals surface area contributed by atoms with E-state index >= 15 is 0 Å². The van der Waals surface area contributed by atoms with Gasteiger partial charge in [0.25, 0.3) is 0 Å².